The van der Waals surface area contributed by atoms with Crippen LogP contribution in [0.25, 0.3) is 11.1 Å². The van der Waals surface area contributed by atoms with E-state index in [0.717, 1.165) is 36.3 Å². The van der Waals surface area contributed by atoms with Crippen LogP contribution in [0.3, 0.4) is 0 Å². The van der Waals surface area contributed by atoms with Crippen LogP contribution in [-0.2, 0) is 17.8 Å². The normalized spacial score (nSPS) is 13.9. The topological polar surface area (TPSA) is 58.4 Å². The molecule has 116 valence electrons. The summed E-state index contributed by atoms with van der Waals surface area (Å²) in [6.45, 7) is 3.08. The van der Waals surface area contributed by atoms with E-state index in [4.69, 9.17) is 4.42 Å². The van der Waals surface area contributed by atoms with Gasteiger partial charge in [0.1, 0.15) is 5.52 Å². The van der Waals surface area contributed by atoms with Crippen LogP contribution in [0.2, 0.25) is 0 Å². The Morgan fingerprint density at radius 2 is 2.09 bits per heavy atom. The van der Waals surface area contributed by atoms with E-state index in [0.29, 0.717) is 6.01 Å². The van der Waals surface area contributed by atoms with Crippen molar-refractivity contribution < 1.29 is 9.21 Å². The van der Waals surface area contributed by atoms with Crippen LogP contribution in [0.5, 0.6) is 0 Å². The zero-order valence-corrected chi connectivity index (χ0v) is 12.9. The summed E-state index contributed by atoms with van der Waals surface area (Å²) >= 11 is 0. The van der Waals surface area contributed by atoms with Gasteiger partial charge < -0.3 is 14.6 Å². The minimum absolute atomic E-state index is 0.0419. The molecule has 5 heteroatoms. The van der Waals surface area contributed by atoms with Gasteiger partial charge in [0.2, 0.25) is 5.91 Å². The number of aromatic nitrogens is 1. The molecule has 1 aliphatic rings. The van der Waals surface area contributed by atoms with Gasteiger partial charge in [0.15, 0.2) is 5.58 Å². The molecule has 1 aliphatic heterocycles. The van der Waals surface area contributed by atoms with Gasteiger partial charge in [-0.05, 0) is 35.7 Å². The Morgan fingerprint density at radius 3 is 2.91 bits per heavy atom. The summed E-state index contributed by atoms with van der Waals surface area (Å²) in [4.78, 5) is 18.0. The summed E-state index contributed by atoms with van der Waals surface area (Å²) in [7, 11) is 0. The van der Waals surface area contributed by atoms with Crippen LogP contribution in [0.15, 0.2) is 46.9 Å². The molecular weight excluding hydrogens is 290 g/mol. The second-order valence-electron chi connectivity index (χ2n) is 5.76. The van der Waals surface area contributed by atoms with Crippen molar-refractivity contribution in [3.8, 4) is 0 Å². The van der Waals surface area contributed by atoms with E-state index >= 15 is 0 Å². The Kier molecular flexibility index (Phi) is 3.26. The number of amides is 1. The number of nitrogens with zero attached hydrogens (tertiary/aromatic N) is 2. The molecule has 5 nitrogen and oxygen atoms in total. The van der Waals surface area contributed by atoms with E-state index in [1.54, 1.807) is 0 Å². The minimum Gasteiger partial charge on any atom is -0.423 e. The molecule has 1 N–H and O–H groups in total. The van der Waals surface area contributed by atoms with Gasteiger partial charge in [-0.1, -0.05) is 24.3 Å². The molecule has 0 bridgehead atoms. The maximum Gasteiger partial charge on any atom is 0.298 e. The van der Waals surface area contributed by atoms with Crippen LogP contribution >= 0.6 is 0 Å². The highest BCUT2D eigenvalue weighted by Crippen LogP contribution is 2.30. The zero-order valence-electron chi connectivity index (χ0n) is 12.9. The van der Waals surface area contributed by atoms with Crippen LogP contribution in [0.4, 0.5) is 11.7 Å². The van der Waals surface area contributed by atoms with Crippen molar-refractivity contribution in [2.75, 3.05) is 16.8 Å². The summed E-state index contributed by atoms with van der Waals surface area (Å²) in [6.07, 6.45) is 0.852. The highest BCUT2D eigenvalue weighted by Gasteiger charge is 2.22. The number of fused-ring (bicyclic) bond motifs is 2. The Hall–Kier alpha value is -2.82. The lowest BCUT2D eigenvalue weighted by Gasteiger charge is -2.28. The quantitative estimate of drug-likeness (QED) is 0.789. The van der Waals surface area contributed by atoms with Crippen LogP contribution < -0.4 is 10.2 Å². The summed E-state index contributed by atoms with van der Waals surface area (Å²) in [5, 5.41) is 2.91. The van der Waals surface area contributed by atoms with Crippen LogP contribution in [0.1, 0.15) is 18.1 Å². The number of nitrogens with one attached hydrogen (secondary N) is 1. The van der Waals surface area contributed by atoms with Crippen molar-refractivity contribution >= 4 is 28.7 Å². The van der Waals surface area contributed by atoms with Crippen molar-refractivity contribution in [1.82, 2.24) is 4.98 Å². The predicted octanol–water partition coefficient (Wildman–Crippen LogP) is 3.35. The molecule has 1 aromatic heterocycles. The Morgan fingerprint density at radius 1 is 1.22 bits per heavy atom. The van der Waals surface area contributed by atoms with Gasteiger partial charge in [0.25, 0.3) is 6.01 Å². The van der Waals surface area contributed by atoms with E-state index in [9.17, 15) is 4.79 Å². The first-order valence-corrected chi connectivity index (χ1v) is 7.69. The monoisotopic (exact) mass is 307 g/mol. The first-order chi connectivity index (χ1) is 11.2. The van der Waals surface area contributed by atoms with Crippen molar-refractivity contribution in [3.05, 3.63) is 53.6 Å². The Labute approximate surface area is 133 Å². The summed E-state index contributed by atoms with van der Waals surface area (Å²) < 4.78 is 5.86. The third-order valence-corrected chi connectivity index (χ3v) is 4.13. The number of oxazole rings is 1. The first kappa shape index (κ1) is 13.8. The van der Waals surface area contributed by atoms with Crippen molar-refractivity contribution in [2.45, 2.75) is 19.9 Å². The fourth-order valence-corrected chi connectivity index (χ4v) is 3.07. The highest BCUT2D eigenvalue weighted by molar-refractivity contribution is 5.89. The standard InChI is InChI=1S/C18H17N3O2/c1-12(22)19-15-7-4-5-13-11-21(10-9-14(13)15)18-20-16-6-2-3-8-17(16)23-18/h2-8H,9-11H2,1H3,(H,19,22). The number of carbonyl (C=O) groups excluding carboxylic acids is 1. The molecule has 0 atom stereocenters. The molecule has 0 fully saturated rings. The molecule has 4 rings (SSSR count). The molecule has 0 saturated carbocycles. The van der Waals surface area contributed by atoms with E-state index in [1.165, 1.54) is 18.1 Å². The fraction of sp³-hybridized carbons (Fsp3) is 0.222. The minimum atomic E-state index is -0.0419. The van der Waals surface area contributed by atoms with Crippen molar-refractivity contribution in [2.24, 2.45) is 0 Å². The molecule has 0 aliphatic carbocycles. The number of rotatable bonds is 2. The first-order valence-electron chi connectivity index (χ1n) is 7.69. The van der Waals surface area contributed by atoms with Crippen molar-refractivity contribution in [1.29, 1.82) is 0 Å². The number of carbonyl (C=O) groups is 1. The van der Waals surface area contributed by atoms with Gasteiger partial charge in [-0.2, -0.15) is 4.98 Å². The molecule has 0 saturated heterocycles. The van der Waals surface area contributed by atoms with Crippen LogP contribution in [-0.4, -0.2) is 17.4 Å². The molecule has 0 spiro atoms. The predicted molar refractivity (Wildman–Crippen MR) is 89.5 cm³/mol. The van der Waals surface area contributed by atoms with Gasteiger partial charge in [0.05, 0.1) is 0 Å². The van der Waals surface area contributed by atoms with Gasteiger partial charge in [0, 0.05) is 25.7 Å². The number of benzene rings is 2. The number of para-hydroxylation sites is 2. The third-order valence-electron chi connectivity index (χ3n) is 4.13. The smallest absolute Gasteiger partial charge is 0.298 e. The SMILES string of the molecule is CC(=O)Nc1cccc2c1CCN(c1nc3ccccc3o1)C2. The third kappa shape index (κ3) is 2.54. The zero-order chi connectivity index (χ0) is 15.8. The van der Waals surface area contributed by atoms with Gasteiger partial charge in [-0.15, -0.1) is 0 Å². The number of hydrogen-bond donors (Lipinski definition) is 1. The molecule has 1 amide bonds. The molecule has 0 radical (unpaired) electrons. The second kappa shape index (κ2) is 5.43. The molecule has 2 heterocycles. The van der Waals surface area contributed by atoms with E-state index < -0.39 is 0 Å². The Bertz CT molecular complexity index is 852. The average Bonchev–Trinajstić information content (AvgIpc) is 2.98. The van der Waals surface area contributed by atoms with Gasteiger partial charge in [-0.25, -0.2) is 0 Å². The fourth-order valence-electron chi connectivity index (χ4n) is 3.07. The maximum atomic E-state index is 11.3. The second-order valence-corrected chi connectivity index (χ2v) is 5.76. The molecule has 2 aromatic carbocycles. The summed E-state index contributed by atoms with van der Waals surface area (Å²) in [5.74, 6) is -0.0419. The number of anilines is 2. The highest BCUT2D eigenvalue weighted by atomic mass is 16.4. The molecule has 3 aromatic rings. The van der Waals surface area contributed by atoms with Crippen molar-refractivity contribution in [3.63, 3.8) is 0 Å². The largest absolute Gasteiger partial charge is 0.423 e. The lowest BCUT2D eigenvalue weighted by molar-refractivity contribution is -0.114. The average molecular weight is 307 g/mol. The number of hydrogen-bond acceptors (Lipinski definition) is 4. The van der Waals surface area contributed by atoms with Gasteiger partial charge in [-0.3, -0.25) is 4.79 Å². The summed E-state index contributed by atoms with van der Waals surface area (Å²) in [6, 6.07) is 14.5. The molecule has 23 heavy (non-hydrogen) atoms. The lowest BCUT2D eigenvalue weighted by Crippen LogP contribution is -2.31. The Balaban J connectivity index is 1.65. The van der Waals surface area contributed by atoms with Gasteiger partial charge >= 0.3 is 0 Å². The lowest BCUT2D eigenvalue weighted by atomic mass is 9.98. The summed E-state index contributed by atoms with van der Waals surface area (Å²) in [5.41, 5.74) is 4.99. The molecule has 0 unspecified atom stereocenters. The van der Waals surface area contributed by atoms with E-state index in [1.807, 2.05) is 36.4 Å². The van der Waals surface area contributed by atoms with Crippen LogP contribution in [0, 0.1) is 0 Å². The van der Waals surface area contributed by atoms with E-state index in [-0.39, 0.29) is 5.91 Å². The van der Waals surface area contributed by atoms with E-state index in [2.05, 4.69) is 21.3 Å². The maximum absolute atomic E-state index is 11.3. The molecular formula is C18H17N3O2.